The van der Waals surface area contributed by atoms with Gasteiger partial charge >= 0.3 is 0 Å². The summed E-state index contributed by atoms with van der Waals surface area (Å²) >= 11 is 3.40. The lowest BCUT2D eigenvalue weighted by Gasteiger charge is -2.32. The Kier molecular flexibility index (Phi) is 8.53. The summed E-state index contributed by atoms with van der Waals surface area (Å²) in [7, 11) is -3.71. The second-order valence-corrected chi connectivity index (χ2v) is 11.2. The Bertz CT molecular complexity index is 1050. The van der Waals surface area contributed by atoms with Crippen molar-refractivity contribution in [3.63, 3.8) is 0 Å². The van der Waals surface area contributed by atoms with Gasteiger partial charge in [-0.1, -0.05) is 59.1 Å². The fraction of sp³-hybridized carbons (Fsp3) is 0.417. The van der Waals surface area contributed by atoms with E-state index in [0.717, 1.165) is 46.3 Å². The highest BCUT2D eigenvalue weighted by molar-refractivity contribution is 9.10. The zero-order chi connectivity index (χ0) is 24.0. The van der Waals surface area contributed by atoms with Gasteiger partial charge in [0.05, 0.1) is 11.9 Å². The van der Waals surface area contributed by atoms with Gasteiger partial charge < -0.3 is 10.2 Å². The van der Waals surface area contributed by atoms with Crippen molar-refractivity contribution in [3.8, 4) is 0 Å². The van der Waals surface area contributed by atoms with E-state index in [4.69, 9.17) is 0 Å². The number of hydrogen-bond donors (Lipinski definition) is 1. The lowest BCUT2D eigenvalue weighted by atomic mass is 10.1. The van der Waals surface area contributed by atoms with E-state index in [0.29, 0.717) is 5.69 Å². The SMILES string of the molecule is C[C@@H](C(=O)NC1CCCC1)N(Cc1ccc(Br)cc1)C(=O)CN(c1ccccc1)S(C)(=O)=O. The number of carbonyl (C=O) groups excluding carboxylic acids is 2. The Balaban J connectivity index is 1.85. The van der Waals surface area contributed by atoms with Crippen LogP contribution in [0.2, 0.25) is 0 Å². The number of hydrogen-bond acceptors (Lipinski definition) is 4. The van der Waals surface area contributed by atoms with Gasteiger partial charge in [0.25, 0.3) is 0 Å². The third-order valence-corrected chi connectivity index (χ3v) is 7.53. The summed E-state index contributed by atoms with van der Waals surface area (Å²) in [5.74, 6) is -0.667. The molecule has 0 radical (unpaired) electrons. The van der Waals surface area contributed by atoms with Gasteiger partial charge in [0, 0.05) is 17.1 Å². The van der Waals surface area contributed by atoms with Crippen molar-refractivity contribution in [1.82, 2.24) is 10.2 Å². The lowest BCUT2D eigenvalue weighted by molar-refractivity contribution is -0.139. The molecule has 0 heterocycles. The van der Waals surface area contributed by atoms with Crippen molar-refractivity contribution in [2.45, 2.75) is 51.2 Å². The van der Waals surface area contributed by atoms with Crippen LogP contribution in [0.3, 0.4) is 0 Å². The Morgan fingerprint density at radius 3 is 2.24 bits per heavy atom. The third kappa shape index (κ3) is 7.04. The van der Waals surface area contributed by atoms with Crippen LogP contribution >= 0.6 is 15.9 Å². The van der Waals surface area contributed by atoms with Crippen molar-refractivity contribution in [3.05, 3.63) is 64.6 Å². The molecule has 7 nitrogen and oxygen atoms in total. The first-order valence-corrected chi connectivity index (χ1v) is 13.7. The number of rotatable bonds is 9. The Morgan fingerprint density at radius 1 is 1.06 bits per heavy atom. The molecule has 1 atom stereocenters. The lowest BCUT2D eigenvalue weighted by Crippen LogP contribution is -2.52. The van der Waals surface area contributed by atoms with Crippen LogP contribution in [0.1, 0.15) is 38.2 Å². The highest BCUT2D eigenvalue weighted by Gasteiger charge is 2.31. The largest absolute Gasteiger partial charge is 0.352 e. The van der Waals surface area contributed by atoms with Crippen molar-refractivity contribution < 1.29 is 18.0 Å². The van der Waals surface area contributed by atoms with Crippen LogP contribution in [0.4, 0.5) is 5.69 Å². The molecule has 2 aromatic rings. The molecule has 2 amide bonds. The molecule has 1 N–H and O–H groups in total. The molecule has 0 aliphatic heterocycles. The molecule has 1 saturated carbocycles. The number of sulfonamides is 1. The molecule has 0 saturated heterocycles. The maximum Gasteiger partial charge on any atom is 0.244 e. The summed E-state index contributed by atoms with van der Waals surface area (Å²) in [6.45, 7) is 1.49. The zero-order valence-electron chi connectivity index (χ0n) is 18.9. The van der Waals surface area contributed by atoms with Gasteiger partial charge in [0.1, 0.15) is 12.6 Å². The monoisotopic (exact) mass is 535 g/mol. The van der Waals surface area contributed by atoms with E-state index in [2.05, 4.69) is 21.2 Å². The summed E-state index contributed by atoms with van der Waals surface area (Å²) in [4.78, 5) is 27.9. The predicted molar refractivity (Wildman–Crippen MR) is 133 cm³/mol. The van der Waals surface area contributed by atoms with Crippen molar-refractivity contribution in [2.24, 2.45) is 0 Å². The molecule has 1 fully saturated rings. The van der Waals surface area contributed by atoms with E-state index in [-0.39, 0.29) is 25.0 Å². The van der Waals surface area contributed by atoms with Gasteiger partial charge in [0.15, 0.2) is 0 Å². The number of nitrogens with zero attached hydrogens (tertiary/aromatic N) is 2. The van der Waals surface area contributed by atoms with Gasteiger partial charge in [-0.15, -0.1) is 0 Å². The second kappa shape index (κ2) is 11.2. The molecule has 33 heavy (non-hydrogen) atoms. The fourth-order valence-electron chi connectivity index (χ4n) is 3.97. The highest BCUT2D eigenvalue weighted by atomic mass is 79.9. The minimum atomic E-state index is -3.71. The number of nitrogens with one attached hydrogen (secondary N) is 1. The molecule has 0 bridgehead atoms. The van der Waals surface area contributed by atoms with Gasteiger partial charge in [0.2, 0.25) is 21.8 Å². The smallest absolute Gasteiger partial charge is 0.244 e. The van der Waals surface area contributed by atoms with E-state index in [1.807, 2.05) is 24.3 Å². The van der Waals surface area contributed by atoms with Crippen LogP contribution in [-0.2, 0) is 26.2 Å². The van der Waals surface area contributed by atoms with Gasteiger partial charge in [-0.05, 0) is 49.6 Å². The average Bonchev–Trinajstić information content (AvgIpc) is 3.29. The number of para-hydroxylation sites is 1. The molecule has 0 unspecified atom stereocenters. The summed E-state index contributed by atoms with van der Waals surface area (Å²) < 4.78 is 27.0. The normalized spacial score (nSPS) is 15.1. The van der Waals surface area contributed by atoms with E-state index in [9.17, 15) is 18.0 Å². The van der Waals surface area contributed by atoms with Gasteiger partial charge in [-0.3, -0.25) is 13.9 Å². The van der Waals surface area contributed by atoms with E-state index >= 15 is 0 Å². The highest BCUT2D eigenvalue weighted by Crippen LogP contribution is 2.21. The number of halogens is 1. The van der Waals surface area contributed by atoms with Gasteiger partial charge in [-0.25, -0.2) is 8.42 Å². The molecule has 2 aromatic carbocycles. The Morgan fingerprint density at radius 2 is 1.67 bits per heavy atom. The summed E-state index contributed by atoms with van der Waals surface area (Å²) in [5, 5.41) is 3.05. The quantitative estimate of drug-likeness (QED) is 0.530. The minimum Gasteiger partial charge on any atom is -0.352 e. The molecule has 1 aliphatic carbocycles. The van der Waals surface area contributed by atoms with Crippen molar-refractivity contribution in [2.75, 3.05) is 17.1 Å². The van der Waals surface area contributed by atoms with Crippen LogP contribution < -0.4 is 9.62 Å². The number of amides is 2. The molecular formula is C24H30BrN3O4S. The molecule has 0 spiro atoms. The minimum absolute atomic E-state index is 0.126. The molecular weight excluding hydrogens is 506 g/mol. The Labute approximate surface area is 204 Å². The molecule has 178 valence electrons. The zero-order valence-corrected chi connectivity index (χ0v) is 21.3. The van der Waals surface area contributed by atoms with Crippen LogP contribution in [0.25, 0.3) is 0 Å². The predicted octanol–water partition coefficient (Wildman–Crippen LogP) is 3.69. The van der Waals surface area contributed by atoms with Crippen LogP contribution in [0.5, 0.6) is 0 Å². The molecule has 3 rings (SSSR count). The third-order valence-electron chi connectivity index (χ3n) is 5.86. The molecule has 9 heteroatoms. The van der Waals surface area contributed by atoms with Crippen molar-refractivity contribution in [1.29, 1.82) is 0 Å². The summed E-state index contributed by atoms with van der Waals surface area (Å²) in [6, 6.07) is 15.4. The molecule has 0 aromatic heterocycles. The summed E-state index contributed by atoms with van der Waals surface area (Å²) in [5.41, 5.74) is 1.25. The van der Waals surface area contributed by atoms with E-state index in [1.165, 1.54) is 4.90 Å². The maximum absolute atomic E-state index is 13.5. The van der Waals surface area contributed by atoms with Crippen LogP contribution in [0.15, 0.2) is 59.1 Å². The molecule has 1 aliphatic rings. The second-order valence-electron chi connectivity index (χ2n) is 8.42. The van der Waals surface area contributed by atoms with Crippen molar-refractivity contribution >= 4 is 43.5 Å². The van der Waals surface area contributed by atoms with Crippen LogP contribution in [0, 0.1) is 0 Å². The summed E-state index contributed by atoms with van der Waals surface area (Å²) in [6.07, 6.45) is 5.12. The first-order chi connectivity index (χ1) is 15.6. The van der Waals surface area contributed by atoms with Gasteiger partial charge in [-0.2, -0.15) is 0 Å². The maximum atomic E-state index is 13.5. The average molecular weight is 536 g/mol. The van der Waals surface area contributed by atoms with E-state index < -0.39 is 22.0 Å². The standard InChI is InChI=1S/C24H30BrN3O4S/c1-18(24(30)26-21-8-6-7-9-21)27(16-19-12-14-20(25)15-13-19)23(29)17-28(33(2,31)32)22-10-4-3-5-11-22/h3-5,10-15,18,21H,6-9,16-17H2,1-2H3,(H,26,30)/t18-/m0/s1. The Hall–Kier alpha value is -2.39. The fourth-order valence-corrected chi connectivity index (χ4v) is 5.08. The first-order valence-electron chi connectivity index (χ1n) is 11.0. The topological polar surface area (TPSA) is 86.8 Å². The first kappa shape index (κ1) is 25.2. The number of benzene rings is 2. The number of carbonyl (C=O) groups is 2. The van der Waals surface area contributed by atoms with Crippen LogP contribution in [-0.4, -0.2) is 50.0 Å². The van der Waals surface area contributed by atoms with E-state index in [1.54, 1.807) is 37.3 Å². The number of anilines is 1.